The highest BCUT2D eigenvalue weighted by atomic mass is 32.2. The van der Waals surface area contributed by atoms with Crippen molar-refractivity contribution in [2.24, 2.45) is 0 Å². The van der Waals surface area contributed by atoms with Gasteiger partial charge in [0.1, 0.15) is 0 Å². The molecule has 0 N–H and O–H groups in total. The van der Waals surface area contributed by atoms with E-state index in [4.69, 9.17) is 0 Å². The van der Waals surface area contributed by atoms with Gasteiger partial charge in [-0.05, 0) is 12.1 Å². The van der Waals surface area contributed by atoms with Crippen molar-refractivity contribution in [3.05, 3.63) is 24.5 Å². The number of nitrogens with zero attached hydrogens (tertiary/aromatic N) is 1. The Bertz CT molecular complexity index is 319. The van der Waals surface area contributed by atoms with Gasteiger partial charge in [0.2, 0.25) is 0 Å². The molecule has 1 rings (SSSR count). The molecule has 0 unspecified atom stereocenters. The molecule has 0 saturated carbocycles. The third kappa shape index (κ3) is 2.99. The first kappa shape index (κ1) is 8.00. The van der Waals surface area contributed by atoms with Crippen LogP contribution in [0, 0.1) is 6.20 Å². The Morgan fingerprint density at radius 2 is 2.36 bits per heavy atom. The van der Waals surface area contributed by atoms with Gasteiger partial charge in [0.05, 0.1) is 18.6 Å². The Morgan fingerprint density at radius 3 is 2.82 bits per heavy atom. The lowest BCUT2D eigenvalue weighted by Crippen LogP contribution is -2.05. The summed E-state index contributed by atoms with van der Waals surface area (Å²) in [4.78, 5) is 3.55. The summed E-state index contributed by atoms with van der Waals surface area (Å²) in [6.07, 6.45) is 4.75. The number of pyridine rings is 1. The summed E-state index contributed by atoms with van der Waals surface area (Å²) in [6.45, 7) is 0. The quantitative estimate of drug-likeness (QED) is 0.599. The fourth-order valence-corrected chi connectivity index (χ4v) is 0.979. The molecule has 4 nitrogen and oxygen atoms in total. The van der Waals surface area contributed by atoms with E-state index in [0.717, 1.165) is 6.26 Å². The maximum atomic E-state index is 10.5. The minimum Gasteiger partial charge on any atom is -0.381 e. The van der Waals surface area contributed by atoms with Gasteiger partial charge in [-0.2, -0.15) is 8.42 Å². The minimum atomic E-state index is -3.43. The lowest BCUT2D eigenvalue weighted by atomic mass is 10.5. The van der Waals surface area contributed by atoms with Crippen LogP contribution in [-0.2, 0) is 10.1 Å². The van der Waals surface area contributed by atoms with E-state index < -0.39 is 10.1 Å². The monoisotopic (exact) mass is 172 g/mol. The third-order valence-corrected chi connectivity index (χ3v) is 1.33. The summed E-state index contributed by atoms with van der Waals surface area (Å²) in [5, 5.41) is 0. The summed E-state index contributed by atoms with van der Waals surface area (Å²) in [5.41, 5.74) is 0. The normalized spacial score (nSPS) is 11.0. The molecule has 0 aliphatic rings. The zero-order valence-electron chi connectivity index (χ0n) is 5.81. The third-order valence-electron chi connectivity index (χ3n) is 0.836. The largest absolute Gasteiger partial charge is 0.381 e. The summed E-state index contributed by atoms with van der Waals surface area (Å²) in [5.74, 6) is 0.200. The van der Waals surface area contributed by atoms with Crippen LogP contribution >= 0.6 is 0 Å². The van der Waals surface area contributed by atoms with E-state index in [9.17, 15) is 8.42 Å². The molecule has 5 heteroatoms. The van der Waals surface area contributed by atoms with E-state index in [1.165, 1.54) is 18.3 Å². The molecular formula is C6H6NO3S. The Labute approximate surface area is 65.0 Å². The SMILES string of the molecule is CS(=O)(=O)Oc1cc[c]nc1. The van der Waals surface area contributed by atoms with Crippen LogP contribution in [0.1, 0.15) is 0 Å². The van der Waals surface area contributed by atoms with Crippen molar-refractivity contribution in [1.29, 1.82) is 0 Å². The maximum Gasteiger partial charge on any atom is 0.306 e. The standard InChI is InChI=1S/C6H6NO3S/c1-11(8,9)10-6-3-2-4-7-5-6/h2-3,5H,1H3. The maximum absolute atomic E-state index is 10.5. The molecule has 0 spiro atoms. The van der Waals surface area contributed by atoms with Crippen molar-refractivity contribution in [3.63, 3.8) is 0 Å². The van der Waals surface area contributed by atoms with Gasteiger partial charge in [0.15, 0.2) is 5.75 Å². The van der Waals surface area contributed by atoms with Crippen molar-refractivity contribution in [2.45, 2.75) is 0 Å². The molecule has 1 aromatic heterocycles. The predicted molar refractivity (Wildman–Crippen MR) is 38.5 cm³/mol. The molecule has 0 aromatic carbocycles. The van der Waals surface area contributed by atoms with Crippen molar-refractivity contribution < 1.29 is 12.6 Å². The number of hydrogen-bond donors (Lipinski definition) is 0. The van der Waals surface area contributed by atoms with Gasteiger partial charge < -0.3 is 4.18 Å². The van der Waals surface area contributed by atoms with Crippen LogP contribution < -0.4 is 4.18 Å². The first-order valence-corrected chi connectivity index (χ1v) is 4.61. The molecule has 59 valence electrons. The van der Waals surface area contributed by atoms with Crippen LogP contribution in [0.25, 0.3) is 0 Å². The molecule has 0 aliphatic carbocycles. The summed E-state index contributed by atoms with van der Waals surface area (Å²) in [7, 11) is -3.43. The fraction of sp³-hybridized carbons (Fsp3) is 0.167. The molecule has 1 aromatic rings. The van der Waals surface area contributed by atoms with Crippen molar-refractivity contribution in [3.8, 4) is 5.75 Å². The Morgan fingerprint density at radius 1 is 1.64 bits per heavy atom. The molecule has 0 saturated heterocycles. The van der Waals surface area contributed by atoms with E-state index in [0.29, 0.717) is 0 Å². The topological polar surface area (TPSA) is 56.3 Å². The lowest BCUT2D eigenvalue weighted by Gasteiger charge is -1.99. The molecule has 0 bridgehead atoms. The van der Waals surface area contributed by atoms with Gasteiger partial charge >= 0.3 is 10.1 Å². The number of aromatic nitrogens is 1. The zero-order chi connectivity index (χ0) is 8.32. The van der Waals surface area contributed by atoms with Crippen molar-refractivity contribution in [2.75, 3.05) is 6.26 Å². The zero-order valence-corrected chi connectivity index (χ0v) is 6.63. The lowest BCUT2D eigenvalue weighted by molar-refractivity contribution is 0.492. The minimum absolute atomic E-state index is 0.200. The number of rotatable bonds is 2. The summed E-state index contributed by atoms with van der Waals surface area (Å²) >= 11 is 0. The first-order valence-electron chi connectivity index (χ1n) is 2.79. The Kier molecular flexibility index (Phi) is 2.09. The second-order valence-corrected chi connectivity index (χ2v) is 3.49. The van der Waals surface area contributed by atoms with E-state index in [2.05, 4.69) is 15.4 Å². The molecule has 0 atom stereocenters. The molecule has 11 heavy (non-hydrogen) atoms. The second kappa shape index (κ2) is 2.87. The molecule has 0 fully saturated rings. The van der Waals surface area contributed by atoms with Crippen LogP contribution in [-0.4, -0.2) is 19.7 Å². The summed E-state index contributed by atoms with van der Waals surface area (Å²) in [6, 6.07) is 2.94. The van der Waals surface area contributed by atoms with Crippen molar-refractivity contribution in [1.82, 2.24) is 4.98 Å². The van der Waals surface area contributed by atoms with Crippen molar-refractivity contribution >= 4 is 10.1 Å². The van der Waals surface area contributed by atoms with E-state index in [1.54, 1.807) is 0 Å². The van der Waals surface area contributed by atoms with Gasteiger partial charge in [-0.15, -0.1) is 0 Å². The predicted octanol–water partition coefficient (Wildman–Crippen LogP) is 0.220. The second-order valence-electron chi connectivity index (χ2n) is 1.91. The Balaban J connectivity index is 2.82. The van der Waals surface area contributed by atoms with Crippen LogP contribution in [0.3, 0.4) is 0 Å². The van der Waals surface area contributed by atoms with E-state index in [-0.39, 0.29) is 5.75 Å². The highest BCUT2D eigenvalue weighted by Crippen LogP contribution is 2.07. The fourth-order valence-electron chi connectivity index (χ4n) is 0.530. The van der Waals surface area contributed by atoms with E-state index >= 15 is 0 Å². The average molecular weight is 172 g/mol. The first-order chi connectivity index (χ1) is 5.08. The van der Waals surface area contributed by atoms with Crippen LogP contribution in [0.2, 0.25) is 0 Å². The van der Waals surface area contributed by atoms with Gasteiger partial charge in [0.25, 0.3) is 0 Å². The average Bonchev–Trinajstić information content (AvgIpc) is 1.85. The molecule has 1 heterocycles. The number of hydrogen-bond acceptors (Lipinski definition) is 4. The smallest absolute Gasteiger partial charge is 0.306 e. The van der Waals surface area contributed by atoms with Crippen LogP contribution in [0.15, 0.2) is 18.3 Å². The molecule has 0 aliphatic heterocycles. The highest BCUT2D eigenvalue weighted by Gasteiger charge is 2.02. The molecule has 1 radical (unpaired) electrons. The van der Waals surface area contributed by atoms with Crippen LogP contribution in [0.5, 0.6) is 5.75 Å². The molecule has 0 amide bonds. The Hall–Kier alpha value is -1.10. The van der Waals surface area contributed by atoms with Gasteiger partial charge in [0, 0.05) is 0 Å². The highest BCUT2D eigenvalue weighted by molar-refractivity contribution is 7.86. The molecular weight excluding hydrogens is 166 g/mol. The summed E-state index contributed by atoms with van der Waals surface area (Å²) < 4.78 is 25.6. The van der Waals surface area contributed by atoms with E-state index in [1.807, 2.05) is 0 Å². The van der Waals surface area contributed by atoms with Crippen LogP contribution in [0.4, 0.5) is 0 Å². The van der Waals surface area contributed by atoms with Gasteiger partial charge in [-0.3, -0.25) is 4.98 Å². The van der Waals surface area contributed by atoms with Gasteiger partial charge in [-0.1, -0.05) is 0 Å². The van der Waals surface area contributed by atoms with Gasteiger partial charge in [-0.25, -0.2) is 0 Å².